The highest BCUT2D eigenvalue weighted by atomic mass is 16.5. The van der Waals surface area contributed by atoms with Crippen molar-refractivity contribution in [2.45, 2.75) is 70.9 Å². The fourth-order valence-electron chi connectivity index (χ4n) is 2.77. The lowest BCUT2D eigenvalue weighted by Gasteiger charge is -2.27. The molecule has 1 saturated carbocycles. The minimum absolute atomic E-state index is 0.131. The van der Waals surface area contributed by atoms with Gasteiger partial charge in [-0.15, -0.1) is 0 Å². The Morgan fingerprint density at radius 3 is 2.79 bits per heavy atom. The van der Waals surface area contributed by atoms with Gasteiger partial charge in [0.1, 0.15) is 0 Å². The van der Waals surface area contributed by atoms with E-state index in [2.05, 4.69) is 5.32 Å². The molecule has 1 aliphatic rings. The molecule has 1 aliphatic carbocycles. The van der Waals surface area contributed by atoms with E-state index in [0.29, 0.717) is 31.5 Å². The summed E-state index contributed by atoms with van der Waals surface area (Å²) in [6, 6.07) is 0.346. The van der Waals surface area contributed by atoms with Gasteiger partial charge in [-0.05, 0) is 46.0 Å². The number of carbonyl (C=O) groups is 1. The van der Waals surface area contributed by atoms with Crippen LogP contribution in [-0.4, -0.2) is 30.7 Å². The Labute approximate surface area is 117 Å². The number of carbonyl (C=O) groups excluding carboxylic acids is 1. The second-order valence-corrected chi connectivity index (χ2v) is 6.30. The second kappa shape index (κ2) is 7.85. The minimum Gasteiger partial charge on any atom is -0.374 e. The first-order chi connectivity index (χ1) is 8.93. The average molecular weight is 270 g/mol. The minimum atomic E-state index is -0.280. The van der Waals surface area contributed by atoms with Crippen LogP contribution in [0.25, 0.3) is 0 Å². The monoisotopic (exact) mass is 270 g/mol. The molecule has 1 amide bonds. The molecule has 0 heterocycles. The first-order valence-electron chi connectivity index (χ1n) is 7.59. The third-order valence-electron chi connectivity index (χ3n) is 3.85. The van der Waals surface area contributed by atoms with Gasteiger partial charge >= 0.3 is 0 Å². The number of nitrogens with two attached hydrogens (primary N) is 1. The molecular weight excluding hydrogens is 240 g/mol. The van der Waals surface area contributed by atoms with E-state index in [0.717, 1.165) is 19.3 Å². The summed E-state index contributed by atoms with van der Waals surface area (Å²) in [5.74, 6) is 0.765. The fourth-order valence-corrected chi connectivity index (χ4v) is 2.77. The Balaban J connectivity index is 2.17. The quantitative estimate of drug-likeness (QED) is 0.745. The molecule has 0 saturated heterocycles. The van der Waals surface area contributed by atoms with Gasteiger partial charge in [0.05, 0.1) is 5.60 Å². The third-order valence-corrected chi connectivity index (χ3v) is 3.85. The van der Waals surface area contributed by atoms with Crippen LogP contribution in [0.5, 0.6) is 0 Å². The maximum absolute atomic E-state index is 11.8. The highest BCUT2D eigenvalue weighted by Crippen LogP contribution is 2.26. The molecule has 112 valence electrons. The number of amides is 1. The van der Waals surface area contributed by atoms with Crippen molar-refractivity contribution in [3.05, 3.63) is 0 Å². The first-order valence-corrected chi connectivity index (χ1v) is 7.59. The predicted molar refractivity (Wildman–Crippen MR) is 77.9 cm³/mol. The number of ether oxygens (including phenoxy) is 1. The van der Waals surface area contributed by atoms with Gasteiger partial charge in [-0.1, -0.05) is 12.8 Å². The van der Waals surface area contributed by atoms with E-state index >= 15 is 0 Å². The van der Waals surface area contributed by atoms with Crippen molar-refractivity contribution >= 4 is 5.91 Å². The van der Waals surface area contributed by atoms with Crippen LogP contribution in [0.15, 0.2) is 0 Å². The van der Waals surface area contributed by atoms with Crippen molar-refractivity contribution in [3.63, 3.8) is 0 Å². The zero-order valence-electron chi connectivity index (χ0n) is 12.7. The van der Waals surface area contributed by atoms with E-state index in [4.69, 9.17) is 10.5 Å². The highest BCUT2D eigenvalue weighted by Gasteiger charge is 2.21. The summed E-state index contributed by atoms with van der Waals surface area (Å²) < 4.78 is 5.56. The molecule has 0 radical (unpaired) electrons. The van der Waals surface area contributed by atoms with E-state index in [-0.39, 0.29) is 11.5 Å². The molecule has 1 fully saturated rings. The van der Waals surface area contributed by atoms with Crippen LogP contribution in [0.3, 0.4) is 0 Å². The maximum Gasteiger partial charge on any atom is 0.220 e. The second-order valence-electron chi connectivity index (χ2n) is 6.30. The molecule has 0 aromatic carbocycles. The molecule has 2 unspecified atom stereocenters. The van der Waals surface area contributed by atoms with Gasteiger partial charge in [0.25, 0.3) is 0 Å². The first kappa shape index (κ1) is 16.4. The Kier molecular flexibility index (Phi) is 6.80. The molecule has 1 rings (SSSR count). The normalized spacial score (nSPS) is 24.2. The fraction of sp³-hybridized carbons (Fsp3) is 0.933. The van der Waals surface area contributed by atoms with E-state index < -0.39 is 0 Å². The summed E-state index contributed by atoms with van der Waals surface area (Å²) in [7, 11) is 0. The summed E-state index contributed by atoms with van der Waals surface area (Å²) in [5.41, 5.74) is 5.68. The Morgan fingerprint density at radius 2 is 2.16 bits per heavy atom. The summed E-state index contributed by atoms with van der Waals surface area (Å²) in [5, 5.41) is 2.96. The van der Waals surface area contributed by atoms with E-state index in [1.165, 1.54) is 12.8 Å². The largest absolute Gasteiger partial charge is 0.374 e. The molecule has 0 aliphatic heterocycles. The SMILES string of the molecule is CCOC(C)(C)CNC(=O)CCC1CCCC(N)C1. The summed E-state index contributed by atoms with van der Waals surface area (Å²) in [6.07, 6.45) is 6.24. The van der Waals surface area contributed by atoms with Gasteiger partial charge in [-0.3, -0.25) is 4.79 Å². The smallest absolute Gasteiger partial charge is 0.220 e. The third kappa shape index (κ3) is 6.92. The molecule has 4 nitrogen and oxygen atoms in total. The van der Waals surface area contributed by atoms with E-state index in [9.17, 15) is 4.79 Å². The number of hydrogen-bond acceptors (Lipinski definition) is 3. The molecule has 0 spiro atoms. The van der Waals surface area contributed by atoms with E-state index in [1.54, 1.807) is 0 Å². The lowest BCUT2D eigenvalue weighted by molar-refractivity contribution is -0.123. The predicted octanol–water partition coefficient (Wildman–Crippen LogP) is 2.22. The number of hydrogen-bond donors (Lipinski definition) is 2. The van der Waals surface area contributed by atoms with Crippen LogP contribution in [-0.2, 0) is 9.53 Å². The molecule has 0 aromatic heterocycles. The standard InChI is InChI=1S/C15H30N2O2/c1-4-19-15(2,3)11-17-14(18)9-8-12-6-5-7-13(16)10-12/h12-13H,4-11,16H2,1-3H3,(H,17,18). The van der Waals surface area contributed by atoms with Gasteiger partial charge < -0.3 is 15.8 Å². The van der Waals surface area contributed by atoms with Crippen LogP contribution in [0.1, 0.15) is 59.3 Å². The van der Waals surface area contributed by atoms with Crippen molar-refractivity contribution in [3.8, 4) is 0 Å². The molecule has 0 bridgehead atoms. The van der Waals surface area contributed by atoms with Gasteiger partial charge in [-0.2, -0.15) is 0 Å². The van der Waals surface area contributed by atoms with Gasteiger partial charge in [0.2, 0.25) is 5.91 Å². The molecule has 19 heavy (non-hydrogen) atoms. The molecular formula is C15H30N2O2. The van der Waals surface area contributed by atoms with Crippen LogP contribution >= 0.6 is 0 Å². The van der Waals surface area contributed by atoms with Crippen LogP contribution < -0.4 is 11.1 Å². The Hall–Kier alpha value is -0.610. The van der Waals surface area contributed by atoms with Gasteiger partial charge in [0, 0.05) is 25.6 Å². The van der Waals surface area contributed by atoms with Crippen molar-refractivity contribution in [1.82, 2.24) is 5.32 Å². The lowest BCUT2D eigenvalue weighted by atomic mass is 9.83. The number of nitrogens with one attached hydrogen (secondary N) is 1. The molecule has 0 aromatic rings. The summed E-state index contributed by atoms with van der Waals surface area (Å²) in [6.45, 7) is 7.20. The average Bonchev–Trinajstić information content (AvgIpc) is 2.34. The van der Waals surface area contributed by atoms with Crippen LogP contribution in [0.4, 0.5) is 0 Å². The lowest BCUT2D eigenvalue weighted by Crippen LogP contribution is -2.40. The Bertz CT molecular complexity index is 279. The van der Waals surface area contributed by atoms with Gasteiger partial charge in [-0.25, -0.2) is 0 Å². The van der Waals surface area contributed by atoms with Crippen LogP contribution in [0.2, 0.25) is 0 Å². The van der Waals surface area contributed by atoms with E-state index in [1.807, 2.05) is 20.8 Å². The van der Waals surface area contributed by atoms with Crippen molar-refractivity contribution in [2.24, 2.45) is 11.7 Å². The summed E-state index contributed by atoms with van der Waals surface area (Å²) >= 11 is 0. The molecule has 2 atom stereocenters. The molecule has 4 heteroatoms. The maximum atomic E-state index is 11.8. The molecule has 3 N–H and O–H groups in total. The zero-order chi connectivity index (χ0) is 14.3. The number of rotatable bonds is 7. The van der Waals surface area contributed by atoms with Crippen molar-refractivity contribution in [2.75, 3.05) is 13.2 Å². The highest BCUT2D eigenvalue weighted by molar-refractivity contribution is 5.75. The zero-order valence-corrected chi connectivity index (χ0v) is 12.7. The van der Waals surface area contributed by atoms with Gasteiger partial charge in [0.15, 0.2) is 0 Å². The topological polar surface area (TPSA) is 64.3 Å². The summed E-state index contributed by atoms with van der Waals surface area (Å²) in [4.78, 5) is 11.8. The van der Waals surface area contributed by atoms with Crippen molar-refractivity contribution in [1.29, 1.82) is 0 Å². The van der Waals surface area contributed by atoms with Crippen molar-refractivity contribution < 1.29 is 9.53 Å². The van der Waals surface area contributed by atoms with Crippen LogP contribution in [0, 0.1) is 5.92 Å². The Morgan fingerprint density at radius 1 is 1.42 bits per heavy atom.